The normalized spacial score (nSPS) is 10.2. The van der Waals surface area contributed by atoms with Crippen LogP contribution in [0.2, 0.25) is 0 Å². The van der Waals surface area contributed by atoms with Gasteiger partial charge in [-0.2, -0.15) is 0 Å². The van der Waals surface area contributed by atoms with Crippen molar-refractivity contribution in [3.8, 4) is 0 Å². The van der Waals surface area contributed by atoms with E-state index in [0.717, 1.165) is 0 Å². The van der Waals surface area contributed by atoms with E-state index in [-0.39, 0.29) is 12.6 Å². The van der Waals surface area contributed by atoms with E-state index in [2.05, 4.69) is 4.74 Å². The van der Waals surface area contributed by atoms with Gasteiger partial charge in [0.25, 0.3) is 0 Å². The number of carbonyl (C=O) groups is 1. The monoisotopic (exact) mass is 144 g/mol. The molecule has 0 aliphatic carbocycles. The molecule has 3 heteroatoms. The predicted octanol–water partition coefficient (Wildman–Crippen LogP) is 0.488. The highest BCUT2D eigenvalue weighted by Crippen LogP contribution is 1.82. The summed E-state index contributed by atoms with van der Waals surface area (Å²) < 4.78 is 4.58. The van der Waals surface area contributed by atoms with Crippen LogP contribution in [0.5, 0.6) is 0 Å². The average Bonchev–Trinajstić information content (AvgIpc) is 1.87. The van der Waals surface area contributed by atoms with Crippen LogP contribution < -0.4 is 0 Å². The standard InChI is InChI=1S/C7H12O3/c1-7(9)10-6-4-2-3-5-8/h2,4,8H,3,5-6H2,1H3. The van der Waals surface area contributed by atoms with Crippen molar-refractivity contribution in [2.45, 2.75) is 13.3 Å². The second-order valence-corrected chi connectivity index (χ2v) is 1.79. The number of ether oxygens (including phenoxy) is 1. The van der Waals surface area contributed by atoms with Crippen molar-refractivity contribution >= 4 is 5.97 Å². The molecule has 0 fully saturated rings. The smallest absolute Gasteiger partial charge is 0.302 e. The SMILES string of the molecule is CC(=O)OCC=CCCO. The van der Waals surface area contributed by atoms with Crippen molar-refractivity contribution in [1.82, 2.24) is 0 Å². The van der Waals surface area contributed by atoms with Gasteiger partial charge in [0.1, 0.15) is 6.61 Å². The summed E-state index contributed by atoms with van der Waals surface area (Å²) in [6.07, 6.45) is 4.09. The molecular formula is C7H12O3. The van der Waals surface area contributed by atoms with Gasteiger partial charge in [-0.25, -0.2) is 0 Å². The number of aliphatic hydroxyl groups excluding tert-OH is 1. The quantitative estimate of drug-likeness (QED) is 0.461. The molecule has 0 heterocycles. The average molecular weight is 144 g/mol. The Bertz CT molecular complexity index is 118. The van der Waals surface area contributed by atoms with E-state index in [1.807, 2.05) is 0 Å². The summed E-state index contributed by atoms with van der Waals surface area (Å²) in [5.41, 5.74) is 0. The Kier molecular flexibility index (Phi) is 5.77. The molecule has 3 nitrogen and oxygen atoms in total. The Balaban J connectivity index is 3.10. The first kappa shape index (κ1) is 9.17. The highest BCUT2D eigenvalue weighted by atomic mass is 16.5. The highest BCUT2D eigenvalue weighted by Gasteiger charge is 1.85. The fourth-order valence-corrected chi connectivity index (χ4v) is 0.426. The molecule has 0 rings (SSSR count). The second-order valence-electron chi connectivity index (χ2n) is 1.79. The summed E-state index contributed by atoms with van der Waals surface area (Å²) in [6, 6.07) is 0. The Labute approximate surface area is 60.3 Å². The topological polar surface area (TPSA) is 46.5 Å². The fourth-order valence-electron chi connectivity index (χ4n) is 0.426. The zero-order chi connectivity index (χ0) is 7.82. The molecule has 0 radical (unpaired) electrons. The Morgan fingerprint density at radius 2 is 2.30 bits per heavy atom. The molecule has 1 N–H and O–H groups in total. The van der Waals surface area contributed by atoms with Gasteiger partial charge in [-0.1, -0.05) is 12.2 Å². The van der Waals surface area contributed by atoms with Gasteiger partial charge in [0.15, 0.2) is 0 Å². The van der Waals surface area contributed by atoms with Gasteiger partial charge in [0.05, 0.1) is 0 Å². The summed E-state index contributed by atoms with van der Waals surface area (Å²) >= 11 is 0. The number of hydrogen-bond acceptors (Lipinski definition) is 3. The van der Waals surface area contributed by atoms with Crippen molar-refractivity contribution in [2.75, 3.05) is 13.2 Å². The minimum Gasteiger partial charge on any atom is -0.462 e. The summed E-state index contributed by atoms with van der Waals surface area (Å²) in [5, 5.41) is 8.32. The maximum atomic E-state index is 10.2. The van der Waals surface area contributed by atoms with Gasteiger partial charge in [0.2, 0.25) is 0 Å². The molecule has 0 aliphatic rings. The van der Waals surface area contributed by atoms with Crippen molar-refractivity contribution in [1.29, 1.82) is 0 Å². The van der Waals surface area contributed by atoms with Crippen LogP contribution in [-0.2, 0) is 9.53 Å². The van der Waals surface area contributed by atoms with Crippen molar-refractivity contribution in [3.63, 3.8) is 0 Å². The third kappa shape index (κ3) is 7.17. The molecular weight excluding hydrogens is 132 g/mol. The molecule has 0 aromatic heterocycles. The summed E-state index contributed by atoms with van der Waals surface area (Å²) in [4.78, 5) is 10.2. The number of carbonyl (C=O) groups excluding carboxylic acids is 1. The van der Waals surface area contributed by atoms with Crippen LogP contribution in [0.1, 0.15) is 13.3 Å². The van der Waals surface area contributed by atoms with Crippen LogP contribution in [-0.4, -0.2) is 24.3 Å². The van der Waals surface area contributed by atoms with Gasteiger partial charge in [-0.05, 0) is 6.42 Å². The first-order valence-corrected chi connectivity index (χ1v) is 3.16. The van der Waals surface area contributed by atoms with Gasteiger partial charge in [0, 0.05) is 13.5 Å². The zero-order valence-electron chi connectivity index (χ0n) is 6.04. The van der Waals surface area contributed by atoms with Crippen LogP contribution in [0.15, 0.2) is 12.2 Å². The zero-order valence-corrected chi connectivity index (χ0v) is 6.04. The van der Waals surface area contributed by atoms with Crippen LogP contribution in [0.3, 0.4) is 0 Å². The van der Waals surface area contributed by atoms with Gasteiger partial charge in [-0.15, -0.1) is 0 Å². The van der Waals surface area contributed by atoms with E-state index >= 15 is 0 Å². The van der Waals surface area contributed by atoms with Crippen LogP contribution in [0.4, 0.5) is 0 Å². The van der Waals surface area contributed by atoms with Crippen LogP contribution >= 0.6 is 0 Å². The molecule has 58 valence electrons. The first-order chi connectivity index (χ1) is 4.77. The molecule has 0 aliphatic heterocycles. The maximum absolute atomic E-state index is 10.2. The largest absolute Gasteiger partial charge is 0.462 e. The van der Waals surface area contributed by atoms with Gasteiger partial charge < -0.3 is 9.84 Å². The van der Waals surface area contributed by atoms with E-state index in [4.69, 9.17) is 5.11 Å². The van der Waals surface area contributed by atoms with Crippen LogP contribution in [0.25, 0.3) is 0 Å². The number of rotatable bonds is 4. The summed E-state index contributed by atoms with van der Waals surface area (Å²) in [6.45, 7) is 1.80. The van der Waals surface area contributed by atoms with Gasteiger partial charge in [-0.3, -0.25) is 4.79 Å². The lowest BCUT2D eigenvalue weighted by molar-refractivity contribution is -0.139. The highest BCUT2D eigenvalue weighted by molar-refractivity contribution is 5.65. The molecule has 0 amide bonds. The molecule has 0 unspecified atom stereocenters. The maximum Gasteiger partial charge on any atom is 0.302 e. The number of hydrogen-bond donors (Lipinski definition) is 1. The molecule has 0 atom stereocenters. The minimum absolute atomic E-state index is 0.135. The molecule has 0 spiro atoms. The second kappa shape index (κ2) is 6.29. The third-order valence-electron chi connectivity index (χ3n) is 0.845. The number of esters is 1. The van der Waals surface area contributed by atoms with Crippen LogP contribution in [0, 0.1) is 0 Å². The Morgan fingerprint density at radius 1 is 1.60 bits per heavy atom. The summed E-state index contributed by atoms with van der Waals surface area (Å²) in [5.74, 6) is -0.284. The number of aliphatic hydroxyl groups is 1. The van der Waals surface area contributed by atoms with E-state index in [9.17, 15) is 4.79 Å². The first-order valence-electron chi connectivity index (χ1n) is 3.16. The lowest BCUT2D eigenvalue weighted by Crippen LogP contribution is -1.97. The fraction of sp³-hybridized carbons (Fsp3) is 0.571. The van der Waals surface area contributed by atoms with Crippen molar-refractivity contribution in [2.24, 2.45) is 0 Å². The van der Waals surface area contributed by atoms with Crippen molar-refractivity contribution < 1.29 is 14.6 Å². The predicted molar refractivity (Wildman–Crippen MR) is 37.5 cm³/mol. The molecule has 0 saturated heterocycles. The molecule has 0 saturated carbocycles. The molecule has 0 aromatic carbocycles. The van der Waals surface area contributed by atoms with Crippen molar-refractivity contribution in [3.05, 3.63) is 12.2 Å². The summed E-state index contributed by atoms with van der Waals surface area (Å²) in [7, 11) is 0. The lowest BCUT2D eigenvalue weighted by atomic mass is 10.4. The molecule has 0 bridgehead atoms. The van der Waals surface area contributed by atoms with E-state index in [1.54, 1.807) is 12.2 Å². The Morgan fingerprint density at radius 3 is 2.80 bits per heavy atom. The van der Waals surface area contributed by atoms with E-state index < -0.39 is 0 Å². The molecule has 10 heavy (non-hydrogen) atoms. The van der Waals surface area contributed by atoms with Gasteiger partial charge >= 0.3 is 5.97 Å². The van der Waals surface area contributed by atoms with E-state index in [1.165, 1.54) is 6.92 Å². The third-order valence-corrected chi connectivity index (χ3v) is 0.845. The Hall–Kier alpha value is -0.830. The minimum atomic E-state index is -0.284. The lowest BCUT2D eigenvalue weighted by Gasteiger charge is -1.93. The van der Waals surface area contributed by atoms with E-state index in [0.29, 0.717) is 13.0 Å². The molecule has 0 aromatic rings.